The third-order valence-electron chi connectivity index (χ3n) is 2.34. The molecule has 2 heteroatoms. The zero-order chi connectivity index (χ0) is 7.40. The molecular formula is C8H16O2. The lowest BCUT2D eigenvalue weighted by Crippen LogP contribution is -2.04. The van der Waals surface area contributed by atoms with Crippen LogP contribution in [-0.4, -0.2) is 11.4 Å². The van der Waals surface area contributed by atoms with Gasteiger partial charge in [0.1, 0.15) is 0 Å². The van der Waals surface area contributed by atoms with E-state index >= 15 is 0 Å². The lowest BCUT2D eigenvalue weighted by atomic mass is 10.0. The van der Waals surface area contributed by atoms with Gasteiger partial charge in [0.2, 0.25) is 0 Å². The SMILES string of the molecule is CCCC1CCC(OO)C1. The van der Waals surface area contributed by atoms with E-state index in [-0.39, 0.29) is 6.10 Å². The maximum absolute atomic E-state index is 8.35. The molecule has 1 aliphatic rings. The van der Waals surface area contributed by atoms with Crippen molar-refractivity contribution in [3.05, 3.63) is 0 Å². The smallest absolute Gasteiger partial charge is 0.0930 e. The Bertz CT molecular complexity index is 93.3. The molecule has 2 unspecified atom stereocenters. The predicted octanol–water partition coefficient (Wildman–Crippen LogP) is 2.44. The first-order valence-corrected chi connectivity index (χ1v) is 4.17. The number of hydrogen-bond acceptors (Lipinski definition) is 2. The molecule has 60 valence electrons. The summed E-state index contributed by atoms with van der Waals surface area (Å²) >= 11 is 0. The zero-order valence-corrected chi connectivity index (χ0v) is 6.55. The van der Waals surface area contributed by atoms with E-state index in [1.165, 1.54) is 19.3 Å². The van der Waals surface area contributed by atoms with E-state index in [1.807, 2.05) is 0 Å². The van der Waals surface area contributed by atoms with E-state index < -0.39 is 0 Å². The zero-order valence-electron chi connectivity index (χ0n) is 6.55. The van der Waals surface area contributed by atoms with Gasteiger partial charge in [0, 0.05) is 0 Å². The van der Waals surface area contributed by atoms with Gasteiger partial charge in [0.15, 0.2) is 0 Å². The molecule has 0 aromatic carbocycles. The molecule has 0 radical (unpaired) electrons. The molecule has 2 nitrogen and oxygen atoms in total. The molecule has 0 heterocycles. The van der Waals surface area contributed by atoms with Crippen LogP contribution in [0.15, 0.2) is 0 Å². The molecule has 0 spiro atoms. The largest absolute Gasteiger partial charge is 0.252 e. The van der Waals surface area contributed by atoms with Crippen molar-refractivity contribution in [2.45, 2.75) is 45.1 Å². The fourth-order valence-corrected chi connectivity index (χ4v) is 1.80. The predicted molar refractivity (Wildman–Crippen MR) is 39.8 cm³/mol. The van der Waals surface area contributed by atoms with Crippen LogP contribution >= 0.6 is 0 Å². The van der Waals surface area contributed by atoms with Crippen molar-refractivity contribution in [3.63, 3.8) is 0 Å². The lowest BCUT2D eigenvalue weighted by molar-refractivity contribution is -0.276. The molecule has 0 bridgehead atoms. The van der Waals surface area contributed by atoms with Crippen LogP contribution in [-0.2, 0) is 4.89 Å². The van der Waals surface area contributed by atoms with Gasteiger partial charge in [0.05, 0.1) is 6.10 Å². The molecule has 2 atom stereocenters. The third-order valence-corrected chi connectivity index (χ3v) is 2.34. The fraction of sp³-hybridized carbons (Fsp3) is 1.00. The molecule has 1 N–H and O–H groups in total. The molecule has 0 aliphatic heterocycles. The van der Waals surface area contributed by atoms with E-state index in [4.69, 9.17) is 5.26 Å². The summed E-state index contributed by atoms with van der Waals surface area (Å²) in [6.07, 6.45) is 6.02. The van der Waals surface area contributed by atoms with Crippen molar-refractivity contribution in [3.8, 4) is 0 Å². The van der Waals surface area contributed by atoms with Gasteiger partial charge in [-0.15, -0.1) is 0 Å². The quantitative estimate of drug-likeness (QED) is 0.487. The lowest BCUT2D eigenvalue weighted by Gasteiger charge is -2.06. The highest BCUT2D eigenvalue weighted by Crippen LogP contribution is 2.30. The number of rotatable bonds is 3. The van der Waals surface area contributed by atoms with Crippen LogP contribution in [0.5, 0.6) is 0 Å². The van der Waals surface area contributed by atoms with Crippen LogP contribution in [0.25, 0.3) is 0 Å². The van der Waals surface area contributed by atoms with E-state index in [0.29, 0.717) is 0 Å². The maximum atomic E-state index is 8.35. The molecule has 0 saturated heterocycles. The summed E-state index contributed by atoms with van der Waals surface area (Å²) < 4.78 is 0. The van der Waals surface area contributed by atoms with E-state index in [0.717, 1.165) is 18.8 Å². The minimum Gasteiger partial charge on any atom is -0.252 e. The Morgan fingerprint density at radius 3 is 2.80 bits per heavy atom. The van der Waals surface area contributed by atoms with Crippen LogP contribution in [0.1, 0.15) is 39.0 Å². The van der Waals surface area contributed by atoms with Gasteiger partial charge in [-0.25, -0.2) is 4.89 Å². The standard InChI is InChI=1S/C8H16O2/c1-2-3-7-4-5-8(6-7)10-9/h7-9H,2-6H2,1H3. The van der Waals surface area contributed by atoms with Gasteiger partial charge < -0.3 is 0 Å². The van der Waals surface area contributed by atoms with E-state index in [2.05, 4.69) is 11.8 Å². The van der Waals surface area contributed by atoms with Crippen molar-refractivity contribution in [2.24, 2.45) is 5.92 Å². The average molecular weight is 144 g/mol. The highest BCUT2D eigenvalue weighted by molar-refractivity contribution is 4.74. The summed E-state index contributed by atoms with van der Waals surface area (Å²) in [4.78, 5) is 4.29. The Hall–Kier alpha value is -0.0800. The molecule has 0 aromatic heterocycles. The van der Waals surface area contributed by atoms with Crippen LogP contribution < -0.4 is 0 Å². The summed E-state index contributed by atoms with van der Waals surface area (Å²) in [5, 5.41) is 8.35. The Kier molecular flexibility index (Phi) is 3.16. The summed E-state index contributed by atoms with van der Waals surface area (Å²) in [7, 11) is 0. The fourth-order valence-electron chi connectivity index (χ4n) is 1.80. The third kappa shape index (κ3) is 1.96. The molecule has 1 fully saturated rings. The normalized spacial score (nSPS) is 33.0. The van der Waals surface area contributed by atoms with E-state index in [1.54, 1.807) is 0 Å². The first-order valence-electron chi connectivity index (χ1n) is 4.17. The average Bonchev–Trinajstić information content (AvgIpc) is 2.37. The van der Waals surface area contributed by atoms with Gasteiger partial charge in [-0.05, 0) is 25.2 Å². The van der Waals surface area contributed by atoms with Crippen molar-refractivity contribution in [1.29, 1.82) is 0 Å². The first-order chi connectivity index (χ1) is 4.86. The molecule has 0 aromatic rings. The van der Waals surface area contributed by atoms with Gasteiger partial charge in [0.25, 0.3) is 0 Å². The van der Waals surface area contributed by atoms with E-state index in [9.17, 15) is 0 Å². The number of hydrogen-bond donors (Lipinski definition) is 1. The molecule has 1 aliphatic carbocycles. The van der Waals surface area contributed by atoms with Crippen molar-refractivity contribution >= 4 is 0 Å². The van der Waals surface area contributed by atoms with Crippen LogP contribution in [0, 0.1) is 5.92 Å². The van der Waals surface area contributed by atoms with Crippen LogP contribution in [0.3, 0.4) is 0 Å². The summed E-state index contributed by atoms with van der Waals surface area (Å²) in [5.41, 5.74) is 0. The molecule has 1 saturated carbocycles. The minimum absolute atomic E-state index is 0.136. The maximum Gasteiger partial charge on any atom is 0.0930 e. The molecule has 0 amide bonds. The highest BCUT2D eigenvalue weighted by atomic mass is 17.1. The second kappa shape index (κ2) is 3.94. The van der Waals surface area contributed by atoms with Gasteiger partial charge in [-0.2, -0.15) is 0 Å². The van der Waals surface area contributed by atoms with Crippen LogP contribution in [0.4, 0.5) is 0 Å². The summed E-state index contributed by atoms with van der Waals surface area (Å²) in [6, 6.07) is 0. The summed E-state index contributed by atoms with van der Waals surface area (Å²) in [6.45, 7) is 2.20. The first kappa shape index (κ1) is 8.02. The highest BCUT2D eigenvalue weighted by Gasteiger charge is 2.24. The van der Waals surface area contributed by atoms with Crippen LogP contribution in [0.2, 0.25) is 0 Å². The second-order valence-electron chi connectivity index (χ2n) is 3.20. The van der Waals surface area contributed by atoms with Crippen molar-refractivity contribution < 1.29 is 10.1 Å². The topological polar surface area (TPSA) is 29.5 Å². The Balaban J connectivity index is 2.15. The van der Waals surface area contributed by atoms with Gasteiger partial charge >= 0.3 is 0 Å². The van der Waals surface area contributed by atoms with Crippen molar-refractivity contribution in [1.82, 2.24) is 0 Å². The second-order valence-corrected chi connectivity index (χ2v) is 3.20. The molecule has 1 rings (SSSR count). The Morgan fingerprint density at radius 1 is 1.50 bits per heavy atom. The Labute approximate surface area is 62.1 Å². The minimum atomic E-state index is 0.136. The van der Waals surface area contributed by atoms with Gasteiger partial charge in [-0.1, -0.05) is 19.8 Å². The Morgan fingerprint density at radius 2 is 2.30 bits per heavy atom. The molecule has 10 heavy (non-hydrogen) atoms. The molecular weight excluding hydrogens is 128 g/mol. The van der Waals surface area contributed by atoms with Crippen molar-refractivity contribution in [2.75, 3.05) is 0 Å². The monoisotopic (exact) mass is 144 g/mol. The van der Waals surface area contributed by atoms with Gasteiger partial charge in [-0.3, -0.25) is 5.26 Å². The summed E-state index contributed by atoms with van der Waals surface area (Å²) in [5.74, 6) is 0.808.